The zero-order valence-electron chi connectivity index (χ0n) is 13.0. The van der Waals surface area contributed by atoms with Gasteiger partial charge in [0.25, 0.3) is 0 Å². The van der Waals surface area contributed by atoms with Gasteiger partial charge in [-0.2, -0.15) is 0 Å². The fraction of sp³-hybridized carbons (Fsp3) is 0.800. The molecule has 4 nitrogen and oxygen atoms in total. The van der Waals surface area contributed by atoms with Crippen molar-refractivity contribution >= 4 is 16.8 Å². The van der Waals surface area contributed by atoms with Gasteiger partial charge in [0.15, 0.2) is 0 Å². The molecular weight excluding hydrogens is 274 g/mol. The molecule has 0 bridgehead atoms. The van der Waals surface area contributed by atoms with Gasteiger partial charge >= 0.3 is 0 Å². The molecule has 0 aromatic carbocycles. The standard InChI is InChI=1S/C15H27NO3S/c1-5-7-8-19-13-12(9-11(18)10-17)14(16-13)20-15(3,4)6-2/h11,17-18H,5-10H2,1-4H3. The van der Waals surface area contributed by atoms with Crippen LogP contribution in [0.2, 0.25) is 0 Å². The molecule has 20 heavy (non-hydrogen) atoms. The smallest absolute Gasteiger partial charge is 0.220 e. The van der Waals surface area contributed by atoms with Crippen LogP contribution in [0.25, 0.3) is 0 Å². The van der Waals surface area contributed by atoms with E-state index in [0.717, 1.165) is 29.9 Å². The second-order valence-corrected chi connectivity index (χ2v) is 7.35. The summed E-state index contributed by atoms with van der Waals surface area (Å²) < 4.78 is 5.76. The highest BCUT2D eigenvalue weighted by Gasteiger charge is 2.31. The first-order valence-corrected chi connectivity index (χ1v) is 8.18. The molecule has 0 saturated heterocycles. The number of thioether (sulfide) groups is 1. The number of aliphatic hydroxyl groups is 2. The van der Waals surface area contributed by atoms with E-state index in [-0.39, 0.29) is 11.4 Å². The van der Waals surface area contributed by atoms with Crippen LogP contribution in [0.5, 0.6) is 0 Å². The van der Waals surface area contributed by atoms with Crippen LogP contribution in [0.3, 0.4) is 0 Å². The molecule has 1 aliphatic rings. The van der Waals surface area contributed by atoms with Crippen LogP contribution in [0.15, 0.2) is 16.4 Å². The molecule has 2 N–H and O–H groups in total. The lowest BCUT2D eigenvalue weighted by atomic mass is 10.1. The van der Waals surface area contributed by atoms with E-state index >= 15 is 0 Å². The number of nitrogens with zero attached hydrogens (tertiary/aromatic N) is 1. The van der Waals surface area contributed by atoms with E-state index in [1.807, 2.05) is 0 Å². The summed E-state index contributed by atoms with van der Waals surface area (Å²) in [4.78, 5) is 4.44. The molecule has 0 spiro atoms. The number of unbranched alkanes of at least 4 members (excludes halogenated alkanes) is 1. The van der Waals surface area contributed by atoms with Crippen molar-refractivity contribution in [3.05, 3.63) is 11.5 Å². The summed E-state index contributed by atoms with van der Waals surface area (Å²) in [7, 11) is 0. The van der Waals surface area contributed by atoms with Gasteiger partial charge in [0.05, 0.1) is 19.3 Å². The molecule has 0 saturated carbocycles. The largest absolute Gasteiger partial charge is 0.477 e. The Balaban J connectivity index is 2.65. The minimum Gasteiger partial charge on any atom is -0.477 e. The first kappa shape index (κ1) is 17.5. The van der Waals surface area contributed by atoms with Crippen molar-refractivity contribution in [3.8, 4) is 0 Å². The highest BCUT2D eigenvalue weighted by atomic mass is 32.2. The zero-order valence-corrected chi connectivity index (χ0v) is 13.8. The number of aliphatic imine (C=N–C) groups is 1. The van der Waals surface area contributed by atoms with Crippen molar-refractivity contribution in [2.75, 3.05) is 13.2 Å². The molecule has 1 atom stereocenters. The third kappa shape index (κ3) is 5.11. The van der Waals surface area contributed by atoms with Gasteiger partial charge in [0.2, 0.25) is 5.88 Å². The maximum Gasteiger partial charge on any atom is 0.220 e. The maximum absolute atomic E-state index is 9.65. The quantitative estimate of drug-likeness (QED) is 0.642. The predicted molar refractivity (Wildman–Crippen MR) is 85.0 cm³/mol. The molecule has 0 aromatic heterocycles. The van der Waals surface area contributed by atoms with Gasteiger partial charge in [0, 0.05) is 16.7 Å². The van der Waals surface area contributed by atoms with E-state index in [1.165, 1.54) is 0 Å². The molecule has 0 aliphatic carbocycles. The Morgan fingerprint density at radius 1 is 1.35 bits per heavy atom. The summed E-state index contributed by atoms with van der Waals surface area (Å²) in [6.07, 6.45) is 2.78. The summed E-state index contributed by atoms with van der Waals surface area (Å²) >= 11 is 1.71. The van der Waals surface area contributed by atoms with E-state index in [2.05, 4.69) is 32.7 Å². The number of ether oxygens (including phenoxy) is 1. The Hall–Kier alpha value is -0.520. The molecule has 1 aliphatic heterocycles. The van der Waals surface area contributed by atoms with Crippen LogP contribution < -0.4 is 0 Å². The Bertz CT molecular complexity index is 377. The van der Waals surface area contributed by atoms with Crippen molar-refractivity contribution < 1.29 is 14.9 Å². The third-order valence-electron chi connectivity index (χ3n) is 3.33. The Labute approximate surface area is 126 Å². The second kappa shape index (κ2) is 8.05. The van der Waals surface area contributed by atoms with Crippen LogP contribution >= 0.6 is 11.8 Å². The molecule has 0 fully saturated rings. The molecule has 0 amide bonds. The first-order chi connectivity index (χ1) is 9.43. The number of hydrogen-bond donors (Lipinski definition) is 2. The summed E-state index contributed by atoms with van der Waals surface area (Å²) in [5, 5.41) is 19.6. The monoisotopic (exact) mass is 301 g/mol. The van der Waals surface area contributed by atoms with Gasteiger partial charge in [-0.1, -0.05) is 45.9 Å². The van der Waals surface area contributed by atoms with Gasteiger partial charge in [-0.15, -0.1) is 0 Å². The van der Waals surface area contributed by atoms with Crippen LogP contribution in [0.4, 0.5) is 0 Å². The molecular formula is C15H27NO3S. The first-order valence-electron chi connectivity index (χ1n) is 7.36. The average molecular weight is 301 g/mol. The maximum atomic E-state index is 9.65. The van der Waals surface area contributed by atoms with Gasteiger partial charge < -0.3 is 14.9 Å². The zero-order chi connectivity index (χ0) is 15.2. The Morgan fingerprint density at radius 2 is 2.05 bits per heavy atom. The van der Waals surface area contributed by atoms with Crippen LogP contribution in [-0.2, 0) is 4.74 Å². The normalized spacial score (nSPS) is 16.8. The molecule has 1 unspecified atom stereocenters. The summed E-state index contributed by atoms with van der Waals surface area (Å²) in [5.74, 6) is 0.639. The van der Waals surface area contributed by atoms with E-state index in [4.69, 9.17) is 9.84 Å². The second-order valence-electron chi connectivity index (χ2n) is 5.66. The van der Waals surface area contributed by atoms with Gasteiger partial charge in [-0.25, -0.2) is 4.99 Å². The predicted octanol–water partition coefficient (Wildman–Crippen LogP) is 3.09. The fourth-order valence-electron chi connectivity index (χ4n) is 1.59. The van der Waals surface area contributed by atoms with Crippen LogP contribution in [-0.4, -0.2) is 39.3 Å². The Morgan fingerprint density at radius 3 is 2.60 bits per heavy atom. The van der Waals surface area contributed by atoms with Gasteiger partial charge in [0.1, 0.15) is 5.04 Å². The summed E-state index contributed by atoms with van der Waals surface area (Å²) in [5.41, 5.74) is 0.953. The number of rotatable bonds is 9. The van der Waals surface area contributed by atoms with Gasteiger partial charge in [-0.05, 0) is 12.8 Å². The van der Waals surface area contributed by atoms with Gasteiger partial charge in [-0.3, -0.25) is 0 Å². The molecule has 1 heterocycles. The minimum atomic E-state index is -0.745. The molecule has 0 aromatic rings. The van der Waals surface area contributed by atoms with Crippen LogP contribution in [0.1, 0.15) is 53.4 Å². The van der Waals surface area contributed by atoms with E-state index in [1.54, 1.807) is 11.8 Å². The Kier molecular flexibility index (Phi) is 7.06. The lowest BCUT2D eigenvalue weighted by Crippen LogP contribution is -2.26. The van der Waals surface area contributed by atoms with Crippen molar-refractivity contribution in [2.45, 2.75) is 64.2 Å². The van der Waals surface area contributed by atoms with E-state index in [0.29, 0.717) is 18.9 Å². The molecule has 116 valence electrons. The highest BCUT2D eigenvalue weighted by Crippen LogP contribution is 2.39. The summed E-state index contributed by atoms with van der Waals surface area (Å²) in [6.45, 7) is 9.04. The summed E-state index contributed by atoms with van der Waals surface area (Å²) in [6, 6.07) is 0. The van der Waals surface area contributed by atoms with Crippen LogP contribution in [0, 0.1) is 0 Å². The number of hydrogen-bond acceptors (Lipinski definition) is 5. The lowest BCUT2D eigenvalue weighted by Gasteiger charge is -2.29. The lowest BCUT2D eigenvalue weighted by molar-refractivity contribution is 0.0941. The topological polar surface area (TPSA) is 62.0 Å². The van der Waals surface area contributed by atoms with E-state index < -0.39 is 6.10 Å². The van der Waals surface area contributed by atoms with Crippen molar-refractivity contribution in [2.24, 2.45) is 4.99 Å². The average Bonchev–Trinajstić information content (AvgIpc) is 2.42. The molecule has 5 heteroatoms. The third-order valence-corrected chi connectivity index (χ3v) is 4.70. The fourth-order valence-corrected chi connectivity index (χ4v) is 2.68. The highest BCUT2D eigenvalue weighted by molar-refractivity contribution is 8.15. The SMILES string of the molecule is CCCCOC1=C(CC(O)CO)C(SC(C)(C)CC)=N1. The van der Waals surface area contributed by atoms with E-state index in [9.17, 15) is 5.11 Å². The van der Waals surface area contributed by atoms with Crippen molar-refractivity contribution in [1.29, 1.82) is 0 Å². The molecule has 1 rings (SSSR count). The van der Waals surface area contributed by atoms with Crippen molar-refractivity contribution in [3.63, 3.8) is 0 Å². The van der Waals surface area contributed by atoms with Crippen molar-refractivity contribution in [1.82, 2.24) is 0 Å². The molecule has 0 radical (unpaired) electrons. The minimum absolute atomic E-state index is 0.114. The number of aliphatic hydroxyl groups excluding tert-OH is 2.